The Morgan fingerprint density at radius 3 is 1.55 bits per heavy atom. The second-order valence-corrected chi connectivity index (χ2v) is 14.6. The normalized spacial score (nSPS) is 11.8. The average molecular weight is 692 g/mol. The summed E-state index contributed by atoms with van der Waals surface area (Å²) >= 11 is 1.81. The molecule has 4 heteroatoms. The molecule has 0 bridgehead atoms. The van der Waals surface area contributed by atoms with E-state index in [1.165, 1.54) is 63.3 Å². The molecule has 11 aromatic rings. The number of hydrogen-bond acceptors (Lipinski definition) is 4. The van der Waals surface area contributed by atoms with Gasteiger partial charge in [-0.1, -0.05) is 146 Å². The number of hydrogen-bond donors (Lipinski definition) is 0. The summed E-state index contributed by atoms with van der Waals surface area (Å²) in [5.74, 6) is 1.95. The molecule has 0 saturated heterocycles. The summed E-state index contributed by atoms with van der Waals surface area (Å²) < 4.78 is 2.53. The molecule has 9 aromatic carbocycles. The van der Waals surface area contributed by atoms with Gasteiger partial charge in [0, 0.05) is 36.9 Å². The Labute approximate surface area is 309 Å². The van der Waals surface area contributed by atoms with Gasteiger partial charge >= 0.3 is 0 Å². The van der Waals surface area contributed by atoms with Gasteiger partial charge in [-0.15, -0.1) is 11.3 Å². The maximum atomic E-state index is 5.27. The van der Waals surface area contributed by atoms with E-state index in [1.54, 1.807) is 0 Å². The van der Waals surface area contributed by atoms with Crippen LogP contribution in [0.15, 0.2) is 176 Å². The topological polar surface area (TPSA) is 38.7 Å². The van der Waals surface area contributed by atoms with E-state index in [1.807, 2.05) is 29.5 Å². The molecule has 0 unspecified atom stereocenters. The minimum absolute atomic E-state index is 0.646. The fourth-order valence-corrected chi connectivity index (χ4v) is 9.20. The van der Waals surface area contributed by atoms with Crippen LogP contribution >= 0.6 is 11.3 Å². The van der Waals surface area contributed by atoms with Crippen molar-refractivity contribution in [2.24, 2.45) is 0 Å². The predicted molar refractivity (Wildman–Crippen MR) is 224 cm³/mol. The van der Waals surface area contributed by atoms with Crippen molar-refractivity contribution in [2.75, 3.05) is 0 Å². The lowest BCUT2D eigenvalue weighted by Crippen LogP contribution is -2.01. The Morgan fingerprint density at radius 2 is 0.792 bits per heavy atom. The maximum absolute atomic E-state index is 5.27. The third kappa shape index (κ3) is 4.77. The molecule has 11 rings (SSSR count). The maximum Gasteiger partial charge on any atom is 0.164 e. The molecule has 0 atom stereocenters. The molecule has 0 amide bonds. The number of benzene rings is 9. The molecule has 0 N–H and O–H groups in total. The lowest BCUT2D eigenvalue weighted by atomic mass is 9.86. The second-order valence-electron chi connectivity index (χ2n) is 13.5. The summed E-state index contributed by atoms with van der Waals surface area (Å²) in [7, 11) is 0. The quantitative estimate of drug-likeness (QED) is 0.172. The van der Waals surface area contributed by atoms with Gasteiger partial charge in [0.25, 0.3) is 0 Å². The molecule has 2 heterocycles. The van der Waals surface area contributed by atoms with Crippen molar-refractivity contribution >= 4 is 74.6 Å². The zero-order valence-electron chi connectivity index (χ0n) is 28.5. The van der Waals surface area contributed by atoms with E-state index < -0.39 is 0 Å². The standard InChI is InChI=1S/C49H29N3S/c1-2-14-30(15-3-1)47-50-48(31-26-27-45-42(28-31)37-21-12-13-25-44(37)53-45)52-49(51-47)40-24-11-8-20-36(40)41-29-43-34-18-5-4-16-32(34)33-17-6-9-22-38(33)46(43)39-23-10-7-19-35(39)41/h1-29H. The first-order chi connectivity index (χ1) is 26.3. The van der Waals surface area contributed by atoms with Crippen molar-refractivity contribution in [2.45, 2.75) is 0 Å². The zero-order chi connectivity index (χ0) is 34.9. The van der Waals surface area contributed by atoms with E-state index in [2.05, 4.69) is 158 Å². The van der Waals surface area contributed by atoms with Crippen molar-refractivity contribution in [1.29, 1.82) is 0 Å². The summed E-state index contributed by atoms with van der Waals surface area (Å²) in [6, 6.07) is 62.7. The first-order valence-corrected chi connectivity index (χ1v) is 18.7. The minimum atomic E-state index is 0.646. The molecule has 53 heavy (non-hydrogen) atoms. The molecule has 3 nitrogen and oxygen atoms in total. The molecule has 246 valence electrons. The van der Waals surface area contributed by atoms with Crippen LogP contribution in [0.4, 0.5) is 0 Å². The smallest absolute Gasteiger partial charge is 0.164 e. The van der Waals surface area contributed by atoms with Gasteiger partial charge < -0.3 is 0 Å². The molecule has 0 spiro atoms. The van der Waals surface area contributed by atoms with E-state index in [0.717, 1.165) is 27.8 Å². The predicted octanol–water partition coefficient (Wildman–Crippen LogP) is 13.5. The Morgan fingerprint density at radius 1 is 0.283 bits per heavy atom. The second kappa shape index (κ2) is 11.9. The summed E-state index contributed by atoms with van der Waals surface area (Å²) in [4.78, 5) is 15.6. The van der Waals surface area contributed by atoms with E-state index in [4.69, 9.17) is 15.0 Å². The lowest BCUT2D eigenvalue weighted by Gasteiger charge is -2.18. The third-order valence-electron chi connectivity index (χ3n) is 10.5. The summed E-state index contributed by atoms with van der Waals surface area (Å²) in [5, 5.41) is 12.5. The first kappa shape index (κ1) is 29.9. The molecular formula is C49H29N3S. The molecule has 2 aromatic heterocycles. The van der Waals surface area contributed by atoms with Gasteiger partial charge in [-0.05, 0) is 84.5 Å². The largest absolute Gasteiger partial charge is 0.208 e. The molecule has 0 fully saturated rings. The van der Waals surface area contributed by atoms with Crippen LogP contribution in [0, 0.1) is 0 Å². The van der Waals surface area contributed by atoms with Gasteiger partial charge in [-0.2, -0.15) is 0 Å². The Bertz CT molecular complexity index is 3240. The third-order valence-corrected chi connectivity index (χ3v) is 11.7. The Kier molecular flexibility index (Phi) is 6.73. The fourth-order valence-electron chi connectivity index (χ4n) is 8.11. The Balaban J connectivity index is 1.19. The van der Waals surface area contributed by atoms with Crippen LogP contribution in [0.1, 0.15) is 0 Å². The molecule has 0 saturated carbocycles. The van der Waals surface area contributed by atoms with Gasteiger partial charge in [-0.25, -0.2) is 15.0 Å². The van der Waals surface area contributed by atoms with Crippen LogP contribution in [0.5, 0.6) is 0 Å². The Hall–Kier alpha value is -6.75. The van der Waals surface area contributed by atoms with Gasteiger partial charge in [0.1, 0.15) is 0 Å². The fraction of sp³-hybridized carbons (Fsp3) is 0. The van der Waals surface area contributed by atoms with Crippen LogP contribution in [0.3, 0.4) is 0 Å². The monoisotopic (exact) mass is 691 g/mol. The van der Waals surface area contributed by atoms with Gasteiger partial charge in [0.05, 0.1) is 0 Å². The van der Waals surface area contributed by atoms with Crippen molar-refractivity contribution in [3.8, 4) is 45.3 Å². The van der Waals surface area contributed by atoms with E-state index in [0.29, 0.717) is 17.5 Å². The van der Waals surface area contributed by atoms with Crippen molar-refractivity contribution in [1.82, 2.24) is 15.0 Å². The molecule has 0 radical (unpaired) electrons. The summed E-state index contributed by atoms with van der Waals surface area (Å²) in [6.45, 7) is 0. The van der Waals surface area contributed by atoms with Crippen molar-refractivity contribution in [3.63, 3.8) is 0 Å². The molecule has 0 aliphatic rings. The molecule has 0 aliphatic carbocycles. The van der Waals surface area contributed by atoms with E-state index in [-0.39, 0.29) is 0 Å². The van der Waals surface area contributed by atoms with Crippen LogP contribution < -0.4 is 0 Å². The number of nitrogens with zero attached hydrogens (tertiary/aromatic N) is 3. The van der Waals surface area contributed by atoms with Crippen molar-refractivity contribution in [3.05, 3.63) is 176 Å². The molecule has 0 aliphatic heterocycles. The highest BCUT2D eigenvalue weighted by atomic mass is 32.1. The number of thiophene rings is 1. The molecular weight excluding hydrogens is 663 g/mol. The minimum Gasteiger partial charge on any atom is -0.208 e. The van der Waals surface area contributed by atoms with Crippen LogP contribution in [0.25, 0.3) is 109 Å². The van der Waals surface area contributed by atoms with Crippen molar-refractivity contribution < 1.29 is 0 Å². The lowest BCUT2D eigenvalue weighted by molar-refractivity contribution is 1.07. The van der Waals surface area contributed by atoms with Crippen LogP contribution in [-0.4, -0.2) is 15.0 Å². The average Bonchev–Trinajstić information content (AvgIpc) is 3.61. The van der Waals surface area contributed by atoms with Gasteiger partial charge in [-0.3, -0.25) is 0 Å². The van der Waals surface area contributed by atoms with E-state index in [9.17, 15) is 0 Å². The number of rotatable bonds is 4. The first-order valence-electron chi connectivity index (χ1n) is 17.9. The highest BCUT2D eigenvalue weighted by molar-refractivity contribution is 7.25. The SMILES string of the molecule is c1ccc(-c2nc(-c3ccc4sc5ccccc5c4c3)nc(-c3ccccc3-c3cc4c5ccccc5c5ccccc5c4c4ccccc34)n2)cc1. The highest BCUT2D eigenvalue weighted by Crippen LogP contribution is 2.44. The van der Waals surface area contributed by atoms with Gasteiger partial charge in [0.2, 0.25) is 0 Å². The summed E-state index contributed by atoms with van der Waals surface area (Å²) in [6.07, 6.45) is 0. The van der Waals surface area contributed by atoms with E-state index >= 15 is 0 Å². The summed E-state index contributed by atoms with van der Waals surface area (Å²) in [5.41, 5.74) is 5.11. The highest BCUT2D eigenvalue weighted by Gasteiger charge is 2.20. The van der Waals surface area contributed by atoms with Crippen LogP contribution in [-0.2, 0) is 0 Å². The zero-order valence-corrected chi connectivity index (χ0v) is 29.3. The number of aromatic nitrogens is 3. The van der Waals surface area contributed by atoms with Gasteiger partial charge in [0.15, 0.2) is 17.5 Å². The number of fused-ring (bicyclic) bond motifs is 11. The van der Waals surface area contributed by atoms with Crippen LogP contribution in [0.2, 0.25) is 0 Å².